The molecule has 5 rings (SSSR count). The fraction of sp³-hybridized carbons (Fsp3) is 0.333. The Labute approximate surface area is 159 Å². The molecule has 5 heterocycles. The van der Waals surface area contributed by atoms with Crippen molar-refractivity contribution in [2.45, 2.75) is 12.8 Å². The van der Waals surface area contributed by atoms with Gasteiger partial charge in [-0.2, -0.15) is 10.1 Å². The first kappa shape index (κ1) is 16.4. The maximum Gasteiger partial charge on any atom is 0.227 e. The molecule has 0 saturated carbocycles. The smallest absolute Gasteiger partial charge is 0.227 e. The van der Waals surface area contributed by atoms with Gasteiger partial charge in [0.25, 0.3) is 0 Å². The van der Waals surface area contributed by atoms with E-state index in [9.17, 15) is 5.11 Å². The molecule has 8 nitrogen and oxygen atoms in total. The van der Waals surface area contributed by atoms with Crippen LogP contribution in [0.3, 0.4) is 0 Å². The molecule has 4 aromatic rings. The fourth-order valence-corrected chi connectivity index (χ4v) is 4.23. The van der Waals surface area contributed by atoms with Gasteiger partial charge in [0.1, 0.15) is 5.82 Å². The molecule has 0 atom stereocenters. The Morgan fingerprint density at radius 2 is 2.15 bits per heavy atom. The summed E-state index contributed by atoms with van der Waals surface area (Å²) >= 11 is 1.61. The van der Waals surface area contributed by atoms with Crippen LogP contribution in [-0.2, 0) is 0 Å². The van der Waals surface area contributed by atoms with Crippen LogP contribution in [0, 0.1) is 5.92 Å². The summed E-state index contributed by atoms with van der Waals surface area (Å²) in [5.74, 6) is 2.65. The Kier molecular flexibility index (Phi) is 4.10. The quantitative estimate of drug-likeness (QED) is 0.499. The van der Waals surface area contributed by atoms with Gasteiger partial charge in [-0.25, -0.2) is 9.97 Å². The monoisotopic (exact) mass is 381 g/mol. The van der Waals surface area contributed by atoms with Crippen LogP contribution in [-0.4, -0.2) is 50.0 Å². The number of H-pyrrole nitrogens is 1. The molecule has 0 amide bonds. The summed E-state index contributed by atoms with van der Waals surface area (Å²) in [7, 11) is 0. The lowest BCUT2D eigenvalue weighted by Crippen LogP contribution is -2.35. The van der Waals surface area contributed by atoms with E-state index in [0.717, 1.165) is 59.1 Å². The zero-order valence-electron chi connectivity index (χ0n) is 14.6. The molecule has 0 unspecified atom stereocenters. The van der Waals surface area contributed by atoms with Gasteiger partial charge >= 0.3 is 0 Å². The van der Waals surface area contributed by atoms with Crippen LogP contribution in [0.1, 0.15) is 12.8 Å². The number of piperidine rings is 1. The average Bonchev–Trinajstić information content (AvgIpc) is 3.35. The third-order valence-electron chi connectivity index (χ3n) is 5.02. The van der Waals surface area contributed by atoms with E-state index in [0.29, 0.717) is 11.6 Å². The SMILES string of the molecule is OCC1CCN(c2nc(Nc3[nH]nc4ncccc34)c3sccc3n2)CC1. The molecule has 4 aromatic heterocycles. The number of fused-ring (bicyclic) bond motifs is 2. The minimum absolute atomic E-state index is 0.256. The number of anilines is 3. The van der Waals surface area contributed by atoms with E-state index in [-0.39, 0.29) is 6.61 Å². The lowest BCUT2D eigenvalue weighted by atomic mass is 9.98. The van der Waals surface area contributed by atoms with Gasteiger partial charge in [0.05, 0.1) is 15.6 Å². The Morgan fingerprint density at radius 3 is 3.00 bits per heavy atom. The highest BCUT2D eigenvalue weighted by Gasteiger charge is 2.22. The van der Waals surface area contributed by atoms with Gasteiger partial charge in [0.2, 0.25) is 5.95 Å². The summed E-state index contributed by atoms with van der Waals surface area (Å²) in [5.41, 5.74) is 1.60. The first-order chi connectivity index (χ1) is 13.3. The number of aromatic nitrogens is 5. The van der Waals surface area contributed by atoms with Crippen LogP contribution < -0.4 is 10.2 Å². The predicted molar refractivity (Wildman–Crippen MR) is 107 cm³/mol. The first-order valence-corrected chi connectivity index (χ1v) is 9.87. The number of aliphatic hydroxyl groups is 1. The van der Waals surface area contributed by atoms with Crippen molar-refractivity contribution in [1.29, 1.82) is 0 Å². The Balaban J connectivity index is 1.51. The van der Waals surface area contributed by atoms with E-state index in [1.807, 2.05) is 23.6 Å². The molecule has 27 heavy (non-hydrogen) atoms. The zero-order valence-corrected chi connectivity index (χ0v) is 15.4. The lowest BCUT2D eigenvalue weighted by Gasteiger charge is -2.31. The summed E-state index contributed by atoms with van der Waals surface area (Å²) < 4.78 is 1.01. The van der Waals surface area contributed by atoms with E-state index in [2.05, 4.69) is 25.4 Å². The minimum Gasteiger partial charge on any atom is -0.396 e. The second-order valence-corrected chi connectivity index (χ2v) is 7.63. The van der Waals surface area contributed by atoms with Gasteiger partial charge in [-0.1, -0.05) is 0 Å². The van der Waals surface area contributed by atoms with Gasteiger partial charge in [0.15, 0.2) is 11.5 Å². The Bertz CT molecular complexity index is 1080. The average molecular weight is 381 g/mol. The number of nitrogens with one attached hydrogen (secondary N) is 2. The van der Waals surface area contributed by atoms with Crippen LogP contribution in [0.15, 0.2) is 29.8 Å². The summed E-state index contributed by atoms with van der Waals surface area (Å²) in [4.78, 5) is 16.0. The third-order valence-corrected chi connectivity index (χ3v) is 5.93. The Hall–Kier alpha value is -2.78. The molecular weight excluding hydrogens is 362 g/mol. The maximum absolute atomic E-state index is 9.36. The standard InChI is InChI=1S/C18H19N7OS/c26-10-11-3-7-25(8-4-11)18-20-13-5-9-27-14(13)17(22-18)21-16-12-2-1-6-19-15(12)23-24-16/h1-2,5-6,9,11,26H,3-4,7-8,10H2,(H2,19,20,21,22,23,24). The molecule has 0 aromatic carbocycles. The van der Waals surface area contributed by atoms with Crippen molar-refractivity contribution in [1.82, 2.24) is 25.1 Å². The van der Waals surface area contributed by atoms with E-state index in [4.69, 9.17) is 9.97 Å². The molecular formula is C18H19N7OS. The van der Waals surface area contributed by atoms with Crippen molar-refractivity contribution in [2.24, 2.45) is 5.92 Å². The summed E-state index contributed by atoms with van der Waals surface area (Å²) in [6, 6.07) is 5.88. The van der Waals surface area contributed by atoms with E-state index in [1.54, 1.807) is 17.5 Å². The minimum atomic E-state index is 0.256. The van der Waals surface area contributed by atoms with E-state index < -0.39 is 0 Å². The molecule has 1 aliphatic rings. The van der Waals surface area contributed by atoms with Gasteiger partial charge in [0, 0.05) is 25.9 Å². The number of thiophene rings is 1. The molecule has 1 aliphatic heterocycles. The number of pyridine rings is 1. The second-order valence-electron chi connectivity index (χ2n) is 6.72. The van der Waals surface area contributed by atoms with Crippen molar-refractivity contribution in [2.75, 3.05) is 29.9 Å². The van der Waals surface area contributed by atoms with Crippen LogP contribution in [0.2, 0.25) is 0 Å². The van der Waals surface area contributed by atoms with Crippen molar-refractivity contribution in [3.63, 3.8) is 0 Å². The highest BCUT2D eigenvalue weighted by Crippen LogP contribution is 2.32. The molecule has 0 radical (unpaired) electrons. The number of nitrogens with zero attached hydrogens (tertiary/aromatic N) is 5. The number of aromatic amines is 1. The molecule has 1 fully saturated rings. The molecule has 0 bridgehead atoms. The summed E-state index contributed by atoms with van der Waals surface area (Å²) in [5, 5.41) is 23.0. The molecule has 9 heteroatoms. The topological polar surface area (TPSA) is 103 Å². The highest BCUT2D eigenvalue weighted by molar-refractivity contribution is 7.17. The number of aliphatic hydroxyl groups excluding tert-OH is 1. The van der Waals surface area contributed by atoms with Gasteiger partial charge in [-0.15, -0.1) is 11.3 Å². The van der Waals surface area contributed by atoms with Crippen molar-refractivity contribution in [3.8, 4) is 0 Å². The van der Waals surface area contributed by atoms with Crippen LogP contribution >= 0.6 is 11.3 Å². The van der Waals surface area contributed by atoms with Gasteiger partial charge < -0.3 is 15.3 Å². The largest absolute Gasteiger partial charge is 0.396 e. The molecule has 1 saturated heterocycles. The molecule has 3 N–H and O–H groups in total. The van der Waals surface area contributed by atoms with E-state index >= 15 is 0 Å². The second kappa shape index (κ2) is 6.75. The molecule has 138 valence electrons. The van der Waals surface area contributed by atoms with Gasteiger partial charge in [-0.3, -0.25) is 5.10 Å². The van der Waals surface area contributed by atoms with Crippen LogP contribution in [0.25, 0.3) is 21.3 Å². The first-order valence-electron chi connectivity index (χ1n) is 8.99. The fourth-order valence-electron chi connectivity index (χ4n) is 3.46. The van der Waals surface area contributed by atoms with Crippen molar-refractivity contribution in [3.05, 3.63) is 29.8 Å². The van der Waals surface area contributed by atoms with Crippen LogP contribution in [0.5, 0.6) is 0 Å². The van der Waals surface area contributed by atoms with E-state index in [1.165, 1.54) is 0 Å². The predicted octanol–water partition coefficient (Wildman–Crippen LogP) is 2.91. The number of rotatable bonds is 4. The van der Waals surface area contributed by atoms with Crippen molar-refractivity contribution >= 4 is 50.2 Å². The zero-order chi connectivity index (χ0) is 18.2. The van der Waals surface area contributed by atoms with Crippen LogP contribution in [0.4, 0.5) is 17.6 Å². The van der Waals surface area contributed by atoms with Gasteiger partial charge in [-0.05, 0) is 42.3 Å². The normalized spacial score (nSPS) is 15.7. The highest BCUT2D eigenvalue weighted by atomic mass is 32.1. The number of hydrogen-bond donors (Lipinski definition) is 3. The summed E-state index contributed by atoms with van der Waals surface area (Å²) in [6.45, 7) is 1.97. The molecule has 0 spiro atoms. The maximum atomic E-state index is 9.36. The molecule has 0 aliphatic carbocycles. The third kappa shape index (κ3) is 2.98. The number of hydrogen-bond acceptors (Lipinski definition) is 8. The Morgan fingerprint density at radius 1 is 1.26 bits per heavy atom. The summed E-state index contributed by atoms with van der Waals surface area (Å²) in [6.07, 6.45) is 3.64. The lowest BCUT2D eigenvalue weighted by molar-refractivity contribution is 0.202. The van der Waals surface area contributed by atoms with Crippen molar-refractivity contribution < 1.29 is 5.11 Å².